The molecule has 1 N–H and O–H groups in total. The molecule has 0 spiro atoms. The van der Waals surface area contributed by atoms with Gasteiger partial charge in [-0.25, -0.2) is 5.43 Å². The van der Waals surface area contributed by atoms with Gasteiger partial charge in [-0.05, 0) is 26.0 Å². The van der Waals surface area contributed by atoms with Gasteiger partial charge in [0.25, 0.3) is 5.91 Å². The van der Waals surface area contributed by atoms with Gasteiger partial charge in [-0.3, -0.25) is 9.78 Å². The van der Waals surface area contributed by atoms with E-state index in [9.17, 15) is 4.79 Å². The van der Waals surface area contributed by atoms with E-state index in [1.165, 1.54) is 7.11 Å². The van der Waals surface area contributed by atoms with E-state index in [2.05, 4.69) is 15.5 Å². The van der Waals surface area contributed by atoms with Crippen LogP contribution in [-0.4, -0.2) is 29.8 Å². The van der Waals surface area contributed by atoms with Crippen LogP contribution in [0.5, 0.6) is 0 Å². The average molecular weight is 221 g/mol. The Morgan fingerprint density at radius 2 is 2.12 bits per heavy atom. The summed E-state index contributed by atoms with van der Waals surface area (Å²) in [5, 5.41) is 3.97. The third-order valence-corrected chi connectivity index (χ3v) is 2.15. The van der Waals surface area contributed by atoms with E-state index in [1.54, 1.807) is 19.3 Å². The van der Waals surface area contributed by atoms with Crippen LogP contribution in [0.3, 0.4) is 0 Å². The molecule has 86 valence electrons. The Bertz CT molecular complexity index is 376. The molecule has 0 aliphatic heterocycles. The number of nitrogens with one attached hydrogen (secondary N) is 1. The summed E-state index contributed by atoms with van der Waals surface area (Å²) < 4.78 is 4.86. The van der Waals surface area contributed by atoms with E-state index in [1.807, 2.05) is 19.1 Å². The number of pyridine rings is 1. The van der Waals surface area contributed by atoms with Gasteiger partial charge >= 0.3 is 0 Å². The Hall–Kier alpha value is -1.75. The molecule has 0 fully saturated rings. The van der Waals surface area contributed by atoms with Crippen LogP contribution in [0.2, 0.25) is 0 Å². The smallest absolute Gasteiger partial charge is 0.268 e. The van der Waals surface area contributed by atoms with E-state index in [-0.39, 0.29) is 5.91 Å². The normalized spacial score (nSPS) is 13.3. The fraction of sp³-hybridized carbons (Fsp3) is 0.364. The van der Waals surface area contributed by atoms with Gasteiger partial charge in [0, 0.05) is 25.1 Å². The van der Waals surface area contributed by atoms with Crippen molar-refractivity contribution in [2.75, 3.05) is 7.11 Å². The molecule has 5 nitrogen and oxygen atoms in total. The lowest BCUT2D eigenvalue weighted by atomic mass is 10.2. The van der Waals surface area contributed by atoms with Crippen molar-refractivity contribution < 1.29 is 9.53 Å². The van der Waals surface area contributed by atoms with Crippen molar-refractivity contribution in [3.63, 3.8) is 0 Å². The van der Waals surface area contributed by atoms with Gasteiger partial charge in [0.2, 0.25) is 0 Å². The second kappa shape index (κ2) is 5.97. The number of hydrogen-bond acceptors (Lipinski definition) is 4. The predicted octanol–water partition coefficient (Wildman–Crippen LogP) is 0.957. The number of carbonyl (C=O) groups is 1. The molecule has 0 aromatic carbocycles. The van der Waals surface area contributed by atoms with E-state index in [0.717, 1.165) is 11.3 Å². The maximum atomic E-state index is 11.4. The zero-order valence-electron chi connectivity index (χ0n) is 9.60. The highest BCUT2D eigenvalue weighted by molar-refractivity contribution is 5.99. The highest BCUT2D eigenvalue weighted by Crippen LogP contribution is 1.98. The van der Waals surface area contributed by atoms with E-state index < -0.39 is 6.10 Å². The van der Waals surface area contributed by atoms with Crippen LogP contribution in [0.15, 0.2) is 29.6 Å². The standard InChI is InChI=1S/C11H15N3O2/c1-8(10-4-6-12-7-5-10)13-14-11(15)9(2)16-3/h4-7,9H,1-3H3,(H,14,15). The molecule has 0 saturated carbocycles. The molecule has 5 heteroatoms. The molecule has 1 rings (SSSR count). The molecule has 0 saturated heterocycles. The first-order valence-corrected chi connectivity index (χ1v) is 4.92. The molecular weight excluding hydrogens is 206 g/mol. The monoisotopic (exact) mass is 221 g/mol. The van der Waals surface area contributed by atoms with Gasteiger partial charge in [-0.2, -0.15) is 5.10 Å². The van der Waals surface area contributed by atoms with Crippen molar-refractivity contribution in [3.05, 3.63) is 30.1 Å². The third kappa shape index (κ3) is 3.43. The van der Waals surface area contributed by atoms with Crippen LogP contribution < -0.4 is 5.43 Å². The number of hydrazone groups is 1. The van der Waals surface area contributed by atoms with Crippen molar-refractivity contribution in [2.45, 2.75) is 20.0 Å². The number of nitrogens with zero attached hydrogens (tertiary/aromatic N) is 2. The molecule has 1 unspecified atom stereocenters. The maximum absolute atomic E-state index is 11.4. The van der Waals surface area contributed by atoms with Gasteiger partial charge in [-0.1, -0.05) is 0 Å². The summed E-state index contributed by atoms with van der Waals surface area (Å²) in [6.07, 6.45) is 2.84. The number of ether oxygens (including phenoxy) is 1. The van der Waals surface area contributed by atoms with Gasteiger partial charge in [0.15, 0.2) is 0 Å². The third-order valence-electron chi connectivity index (χ3n) is 2.15. The SMILES string of the molecule is COC(C)C(=O)NN=C(C)c1ccncc1. The maximum Gasteiger partial charge on any atom is 0.268 e. The molecule has 0 aliphatic carbocycles. The van der Waals surface area contributed by atoms with E-state index in [4.69, 9.17) is 4.74 Å². The molecule has 1 atom stereocenters. The Labute approximate surface area is 94.5 Å². The van der Waals surface area contributed by atoms with Crippen LogP contribution in [-0.2, 0) is 9.53 Å². The van der Waals surface area contributed by atoms with Crippen molar-refractivity contribution in [1.82, 2.24) is 10.4 Å². The van der Waals surface area contributed by atoms with Gasteiger partial charge in [-0.15, -0.1) is 0 Å². The number of hydrogen-bond donors (Lipinski definition) is 1. The molecule has 1 aromatic heterocycles. The number of rotatable bonds is 4. The second-order valence-corrected chi connectivity index (χ2v) is 3.29. The van der Waals surface area contributed by atoms with Crippen LogP contribution in [0.25, 0.3) is 0 Å². The minimum Gasteiger partial charge on any atom is -0.372 e. The molecule has 1 amide bonds. The average Bonchev–Trinajstić information content (AvgIpc) is 2.35. The number of aromatic nitrogens is 1. The van der Waals surface area contributed by atoms with Crippen LogP contribution in [0.4, 0.5) is 0 Å². The fourth-order valence-electron chi connectivity index (χ4n) is 0.995. The Morgan fingerprint density at radius 3 is 2.69 bits per heavy atom. The molecule has 0 aliphatic rings. The van der Waals surface area contributed by atoms with Gasteiger partial charge in [0.05, 0.1) is 5.71 Å². The zero-order valence-corrected chi connectivity index (χ0v) is 9.60. The first-order valence-electron chi connectivity index (χ1n) is 4.92. The molecular formula is C11H15N3O2. The summed E-state index contributed by atoms with van der Waals surface area (Å²) in [6.45, 7) is 3.47. The van der Waals surface area contributed by atoms with Crippen molar-refractivity contribution in [2.24, 2.45) is 5.10 Å². The van der Waals surface area contributed by atoms with Crippen LogP contribution >= 0.6 is 0 Å². The number of amides is 1. The largest absolute Gasteiger partial charge is 0.372 e. The lowest BCUT2D eigenvalue weighted by Gasteiger charge is -2.07. The Morgan fingerprint density at radius 1 is 1.50 bits per heavy atom. The minimum absolute atomic E-state index is 0.268. The molecule has 0 radical (unpaired) electrons. The van der Waals surface area contributed by atoms with Crippen LogP contribution in [0.1, 0.15) is 19.4 Å². The first kappa shape index (κ1) is 12.3. The molecule has 0 bridgehead atoms. The summed E-state index contributed by atoms with van der Waals surface area (Å²) >= 11 is 0. The van der Waals surface area contributed by atoms with Crippen molar-refractivity contribution in [1.29, 1.82) is 0 Å². The number of carbonyl (C=O) groups excluding carboxylic acids is 1. The summed E-state index contributed by atoms with van der Waals surface area (Å²) in [6, 6.07) is 3.65. The Balaban J connectivity index is 2.62. The highest BCUT2D eigenvalue weighted by atomic mass is 16.5. The zero-order chi connectivity index (χ0) is 12.0. The topological polar surface area (TPSA) is 63.6 Å². The van der Waals surface area contributed by atoms with Crippen molar-refractivity contribution >= 4 is 11.6 Å². The second-order valence-electron chi connectivity index (χ2n) is 3.29. The molecule has 1 aromatic rings. The lowest BCUT2D eigenvalue weighted by molar-refractivity contribution is -0.130. The van der Waals surface area contributed by atoms with Crippen molar-refractivity contribution in [3.8, 4) is 0 Å². The highest BCUT2D eigenvalue weighted by Gasteiger charge is 2.10. The molecule has 1 heterocycles. The van der Waals surface area contributed by atoms with Gasteiger partial charge < -0.3 is 4.74 Å². The quantitative estimate of drug-likeness (QED) is 0.608. The predicted molar refractivity (Wildman–Crippen MR) is 61.1 cm³/mol. The fourth-order valence-corrected chi connectivity index (χ4v) is 0.995. The minimum atomic E-state index is -0.506. The van der Waals surface area contributed by atoms with E-state index in [0.29, 0.717) is 0 Å². The molecule has 16 heavy (non-hydrogen) atoms. The summed E-state index contributed by atoms with van der Waals surface area (Å²) in [7, 11) is 1.48. The van der Waals surface area contributed by atoms with E-state index >= 15 is 0 Å². The van der Waals surface area contributed by atoms with Gasteiger partial charge in [0.1, 0.15) is 6.10 Å². The summed E-state index contributed by atoms with van der Waals surface area (Å²) in [5.41, 5.74) is 4.07. The Kier molecular flexibility index (Phi) is 4.60. The first-order chi connectivity index (χ1) is 7.65. The summed E-state index contributed by atoms with van der Waals surface area (Å²) in [5.74, 6) is -0.268. The lowest BCUT2D eigenvalue weighted by Crippen LogP contribution is -2.31. The number of methoxy groups -OCH3 is 1. The summed E-state index contributed by atoms with van der Waals surface area (Å²) in [4.78, 5) is 15.3. The van der Waals surface area contributed by atoms with Crippen LogP contribution in [0, 0.1) is 0 Å².